The average molecular weight is 332 g/mol. The molecule has 0 saturated carbocycles. The molecule has 0 unspecified atom stereocenters. The van der Waals surface area contributed by atoms with Crippen LogP contribution < -0.4 is 4.57 Å². The Kier molecular flexibility index (Phi) is 4.03. The number of hydrogen-bond donors (Lipinski definition) is 1. The van der Waals surface area contributed by atoms with Gasteiger partial charge in [0.2, 0.25) is 0 Å². The van der Waals surface area contributed by atoms with Crippen molar-refractivity contribution in [2.75, 3.05) is 18.8 Å². The van der Waals surface area contributed by atoms with E-state index in [0.717, 1.165) is 42.1 Å². The van der Waals surface area contributed by atoms with Crippen LogP contribution in [0.1, 0.15) is 19.3 Å². The molecule has 1 amide bonds. The summed E-state index contributed by atoms with van der Waals surface area (Å²) in [6.45, 7) is 2.78. The summed E-state index contributed by atoms with van der Waals surface area (Å²) >= 11 is 1.64. The standard InChI is InChI=1S/C17H22N3O2S/c21-13-10-19-14-6-2-3-7-15(14)20(17(19)23-12-13)11-16(22)18-8-4-1-5-9-18/h2-3,6-7,13,21H,1,4-5,8-12H2/q+1/t13-/m1/s1. The molecule has 1 fully saturated rings. The van der Waals surface area contributed by atoms with Crippen molar-refractivity contribution in [2.45, 2.75) is 43.6 Å². The van der Waals surface area contributed by atoms with Gasteiger partial charge in [0, 0.05) is 18.8 Å². The number of aliphatic hydroxyl groups excluding tert-OH is 1. The molecule has 23 heavy (non-hydrogen) atoms. The van der Waals surface area contributed by atoms with E-state index in [-0.39, 0.29) is 12.0 Å². The number of piperidine rings is 1. The second-order valence-corrected chi connectivity index (χ2v) is 7.36. The van der Waals surface area contributed by atoms with E-state index in [1.165, 1.54) is 6.42 Å². The summed E-state index contributed by atoms with van der Waals surface area (Å²) in [6, 6.07) is 8.16. The summed E-state index contributed by atoms with van der Waals surface area (Å²) in [5, 5.41) is 11.1. The fraction of sp³-hybridized carbons (Fsp3) is 0.529. The third-order valence-corrected chi connectivity index (χ3v) is 5.98. The molecule has 5 nitrogen and oxygen atoms in total. The first-order valence-electron chi connectivity index (χ1n) is 8.34. The molecule has 0 bridgehead atoms. The number of nitrogens with zero attached hydrogens (tertiary/aromatic N) is 3. The molecule has 0 spiro atoms. The number of imidazole rings is 1. The van der Waals surface area contributed by atoms with E-state index < -0.39 is 0 Å². The molecule has 1 atom stereocenters. The van der Waals surface area contributed by atoms with Crippen molar-refractivity contribution in [1.82, 2.24) is 9.47 Å². The van der Waals surface area contributed by atoms with Gasteiger partial charge in [-0.15, -0.1) is 0 Å². The summed E-state index contributed by atoms with van der Waals surface area (Å²) in [7, 11) is 0. The molecule has 0 aliphatic carbocycles. The highest BCUT2D eigenvalue weighted by Gasteiger charge is 2.33. The molecule has 4 rings (SSSR count). The van der Waals surface area contributed by atoms with E-state index in [4.69, 9.17) is 0 Å². The van der Waals surface area contributed by atoms with Gasteiger partial charge in [0.05, 0.1) is 0 Å². The van der Waals surface area contributed by atoms with Crippen molar-refractivity contribution in [3.63, 3.8) is 0 Å². The number of fused-ring (bicyclic) bond motifs is 3. The lowest BCUT2D eigenvalue weighted by Gasteiger charge is -2.26. The lowest BCUT2D eigenvalue weighted by atomic mass is 10.1. The van der Waals surface area contributed by atoms with E-state index in [2.05, 4.69) is 21.3 Å². The predicted molar refractivity (Wildman–Crippen MR) is 89.3 cm³/mol. The van der Waals surface area contributed by atoms with E-state index in [1.54, 1.807) is 11.8 Å². The lowest BCUT2D eigenvalue weighted by molar-refractivity contribution is -0.717. The fourth-order valence-corrected chi connectivity index (χ4v) is 4.66. The molecule has 3 heterocycles. The molecule has 2 aliphatic heterocycles. The lowest BCUT2D eigenvalue weighted by Crippen LogP contribution is -2.46. The Bertz CT molecular complexity index is 737. The maximum Gasteiger partial charge on any atom is 0.319 e. The second kappa shape index (κ2) is 6.17. The largest absolute Gasteiger partial charge is 0.388 e. The Morgan fingerprint density at radius 3 is 2.87 bits per heavy atom. The fourth-order valence-electron chi connectivity index (χ4n) is 3.57. The first kappa shape index (κ1) is 15.0. The van der Waals surface area contributed by atoms with Crippen LogP contribution in [0.3, 0.4) is 0 Å². The molecule has 1 aromatic carbocycles. The highest BCUT2D eigenvalue weighted by atomic mass is 32.2. The maximum absolute atomic E-state index is 12.7. The molecule has 1 saturated heterocycles. The van der Waals surface area contributed by atoms with Crippen LogP contribution in [0, 0.1) is 0 Å². The minimum Gasteiger partial charge on any atom is -0.388 e. The molecule has 2 aromatic rings. The van der Waals surface area contributed by atoms with Gasteiger partial charge in [0.15, 0.2) is 17.6 Å². The zero-order chi connectivity index (χ0) is 15.8. The van der Waals surface area contributed by atoms with Crippen molar-refractivity contribution in [3.8, 4) is 0 Å². The summed E-state index contributed by atoms with van der Waals surface area (Å²) < 4.78 is 4.28. The van der Waals surface area contributed by atoms with Gasteiger partial charge in [0.1, 0.15) is 12.6 Å². The van der Waals surface area contributed by atoms with E-state index in [1.807, 2.05) is 17.0 Å². The number of carbonyl (C=O) groups excluding carboxylic acids is 1. The zero-order valence-corrected chi connectivity index (χ0v) is 14.0. The van der Waals surface area contributed by atoms with Crippen molar-refractivity contribution in [2.24, 2.45) is 0 Å². The molecule has 2 aliphatic rings. The number of likely N-dealkylation sites (tertiary alicyclic amines) is 1. The number of rotatable bonds is 2. The van der Waals surface area contributed by atoms with Crippen LogP contribution in [0.5, 0.6) is 0 Å². The van der Waals surface area contributed by atoms with Gasteiger partial charge in [-0.25, -0.2) is 9.13 Å². The molecule has 1 aromatic heterocycles. The van der Waals surface area contributed by atoms with Crippen molar-refractivity contribution in [1.29, 1.82) is 0 Å². The number of hydrogen-bond acceptors (Lipinski definition) is 3. The average Bonchev–Trinajstić information content (AvgIpc) is 2.89. The number of para-hydroxylation sites is 2. The minimum atomic E-state index is -0.324. The van der Waals surface area contributed by atoms with Crippen LogP contribution in [-0.4, -0.2) is 45.4 Å². The summed E-state index contributed by atoms with van der Waals surface area (Å²) in [6.07, 6.45) is 3.14. The number of benzene rings is 1. The van der Waals surface area contributed by atoms with Gasteiger partial charge in [-0.3, -0.25) is 4.79 Å². The van der Waals surface area contributed by atoms with Crippen LogP contribution in [0.2, 0.25) is 0 Å². The highest BCUT2D eigenvalue weighted by molar-refractivity contribution is 7.99. The van der Waals surface area contributed by atoms with Gasteiger partial charge in [-0.1, -0.05) is 12.1 Å². The van der Waals surface area contributed by atoms with Crippen LogP contribution in [0.15, 0.2) is 29.4 Å². The monoisotopic (exact) mass is 332 g/mol. The SMILES string of the molecule is O=C(Cn1c2[n+](c3ccccc31)C[C@@H](O)CS2)N1CCCCC1. The third kappa shape index (κ3) is 2.74. The van der Waals surface area contributed by atoms with Crippen LogP contribution in [-0.2, 0) is 17.9 Å². The number of amides is 1. The zero-order valence-electron chi connectivity index (χ0n) is 13.1. The second-order valence-electron chi connectivity index (χ2n) is 6.37. The highest BCUT2D eigenvalue weighted by Crippen LogP contribution is 2.26. The normalized spacial score (nSPS) is 21.4. The Balaban J connectivity index is 1.70. The van der Waals surface area contributed by atoms with Crippen LogP contribution >= 0.6 is 11.8 Å². The van der Waals surface area contributed by atoms with Gasteiger partial charge >= 0.3 is 5.16 Å². The van der Waals surface area contributed by atoms with Crippen LogP contribution in [0.4, 0.5) is 0 Å². The van der Waals surface area contributed by atoms with E-state index >= 15 is 0 Å². The molecule has 6 heteroatoms. The van der Waals surface area contributed by atoms with Crippen LogP contribution in [0.25, 0.3) is 11.0 Å². The van der Waals surface area contributed by atoms with Crippen molar-refractivity contribution >= 4 is 28.7 Å². The molecular weight excluding hydrogens is 310 g/mol. The third-order valence-electron chi connectivity index (χ3n) is 4.73. The van der Waals surface area contributed by atoms with Crippen molar-refractivity contribution < 1.29 is 14.5 Å². The minimum absolute atomic E-state index is 0.209. The summed E-state index contributed by atoms with van der Waals surface area (Å²) in [5.74, 6) is 0.898. The molecule has 1 N–H and O–H groups in total. The van der Waals surface area contributed by atoms with Gasteiger partial charge < -0.3 is 10.0 Å². The quantitative estimate of drug-likeness (QED) is 0.846. The molecule has 0 radical (unpaired) electrons. The van der Waals surface area contributed by atoms with E-state index in [0.29, 0.717) is 18.8 Å². The first-order chi connectivity index (χ1) is 11.2. The Morgan fingerprint density at radius 2 is 2.04 bits per heavy atom. The molecule has 122 valence electrons. The van der Waals surface area contributed by atoms with Gasteiger partial charge in [-0.2, -0.15) is 0 Å². The molecular formula is C17H22N3O2S+. The Morgan fingerprint density at radius 1 is 1.26 bits per heavy atom. The summed E-state index contributed by atoms with van der Waals surface area (Å²) in [5.41, 5.74) is 2.18. The first-order valence-corrected chi connectivity index (χ1v) is 9.32. The number of carbonyl (C=O) groups is 1. The number of aliphatic hydroxyl groups is 1. The van der Waals surface area contributed by atoms with E-state index in [9.17, 15) is 9.90 Å². The maximum atomic E-state index is 12.7. The Hall–Kier alpha value is -1.53. The van der Waals surface area contributed by atoms with Gasteiger partial charge in [-0.05, 0) is 43.2 Å². The topological polar surface area (TPSA) is 49.4 Å². The number of thioether (sulfide) groups is 1. The van der Waals surface area contributed by atoms with Crippen molar-refractivity contribution in [3.05, 3.63) is 24.3 Å². The van der Waals surface area contributed by atoms with Gasteiger partial charge in [0.25, 0.3) is 5.91 Å². The predicted octanol–water partition coefficient (Wildman–Crippen LogP) is 1.41. The summed E-state index contributed by atoms with van der Waals surface area (Å²) in [4.78, 5) is 14.7. The smallest absolute Gasteiger partial charge is 0.319 e. The number of aromatic nitrogens is 2. The Labute approximate surface area is 139 Å².